The molecule has 1 saturated heterocycles. The summed E-state index contributed by atoms with van der Waals surface area (Å²) in [6.07, 6.45) is 0.981. The molecule has 1 aromatic carbocycles. The summed E-state index contributed by atoms with van der Waals surface area (Å²) in [6, 6.07) is 11.3. The lowest BCUT2D eigenvalue weighted by Crippen LogP contribution is -2.20. The summed E-state index contributed by atoms with van der Waals surface area (Å²) in [6.45, 7) is 6.62. The molecule has 0 radical (unpaired) electrons. The Kier molecular flexibility index (Phi) is 4.44. The number of oxazole rings is 1. The van der Waals surface area contributed by atoms with Gasteiger partial charge in [-0.25, -0.2) is 9.37 Å². The predicted molar refractivity (Wildman–Crippen MR) is 98.3 cm³/mol. The highest BCUT2D eigenvalue weighted by molar-refractivity contribution is 7.15. The molecule has 0 bridgehead atoms. The van der Waals surface area contributed by atoms with E-state index < -0.39 is 0 Å². The second-order valence-electron chi connectivity index (χ2n) is 6.67. The molecule has 3 nitrogen and oxygen atoms in total. The third kappa shape index (κ3) is 3.39. The van der Waals surface area contributed by atoms with Gasteiger partial charge in [0.25, 0.3) is 0 Å². The molecule has 25 heavy (non-hydrogen) atoms. The highest BCUT2D eigenvalue weighted by Crippen LogP contribution is 2.32. The lowest BCUT2D eigenvalue weighted by molar-refractivity contribution is 0.320. The van der Waals surface area contributed by atoms with Crippen LogP contribution in [-0.2, 0) is 6.54 Å². The molecule has 1 atom stereocenters. The molecular formula is C20H21FN2OS. The topological polar surface area (TPSA) is 29.3 Å². The largest absolute Gasteiger partial charge is 0.440 e. The fraction of sp³-hybridized carbons (Fsp3) is 0.350. The number of hydrogen-bond donors (Lipinski definition) is 0. The van der Waals surface area contributed by atoms with Gasteiger partial charge in [-0.15, -0.1) is 11.3 Å². The molecule has 3 aromatic rings. The Morgan fingerprint density at radius 2 is 2.08 bits per heavy atom. The van der Waals surface area contributed by atoms with Crippen LogP contribution in [0.4, 0.5) is 4.39 Å². The number of hydrogen-bond acceptors (Lipinski definition) is 4. The normalized spacial score (nSPS) is 18.1. The van der Waals surface area contributed by atoms with Crippen molar-refractivity contribution in [2.75, 3.05) is 13.1 Å². The predicted octanol–water partition coefficient (Wildman–Crippen LogP) is 5.15. The van der Waals surface area contributed by atoms with Gasteiger partial charge in [0.1, 0.15) is 11.6 Å². The first-order valence-corrected chi connectivity index (χ1v) is 9.41. The minimum atomic E-state index is -0.0951. The highest BCUT2D eigenvalue weighted by atomic mass is 32.1. The van der Waals surface area contributed by atoms with Crippen molar-refractivity contribution in [2.24, 2.45) is 0 Å². The van der Waals surface area contributed by atoms with Crippen LogP contribution in [0.5, 0.6) is 0 Å². The van der Waals surface area contributed by atoms with Crippen LogP contribution in [0.2, 0.25) is 0 Å². The molecule has 0 aliphatic carbocycles. The Morgan fingerprint density at radius 3 is 2.84 bits per heavy atom. The Hall–Kier alpha value is -1.98. The number of aryl methyl sites for hydroxylation is 2. The van der Waals surface area contributed by atoms with Gasteiger partial charge in [0, 0.05) is 23.9 Å². The van der Waals surface area contributed by atoms with E-state index in [4.69, 9.17) is 9.40 Å². The monoisotopic (exact) mass is 356 g/mol. The van der Waals surface area contributed by atoms with E-state index in [1.54, 1.807) is 23.5 Å². The molecule has 1 fully saturated rings. The van der Waals surface area contributed by atoms with Crippen molar-refractivity contribution in [1.29, 1.82) is 0 Å². The van der Waals surface area contributed by atoms with Crippen LogP contribution >= 0.6 is 11.3 Å². The summed E-state index contributed by atoms with van der Waals surface area (Å²) >= 11 is 1.69. The van der Waals surface area contributed by atoms with E-state index in [1.807, 2.05) is 19.1 Å². The van der Waals surface area contributed by atoms with Gasteiger partial charge in [-0.05, 0) is 50.6 Å². The SMILES string of the molecule is Cc1ccc(-c2nc(CN3CC[C@H](c4ccccc4F)C3)c(C)o2)s1. The Balaban J connectivity index is 1.47. The van der Waals surface area contributed by atoms with Crippen LogP contribution in [0, 0.1) is 19.7 Å². The summed E-state index contributed by atoms with van der Waals surface area (Å²) in [5.41, 5.74) is 1.81. The number of benzene rings is 1. The van der Waals surface area contributed by atoms with Crippen molar-refractivity contribution < 1.29 is 8.81 Å². The minimum Gasteiger partial charge on any atom is -0.440 e. The van der Waals surface area contributed by atoms with E-state index in [2.05, 4.69) is 24.0 Å². The molecule has 1 aliphatic rings. The van der Waals surface area contributed by atoms with Crippen LogP contribution in [0.25, 0.3) is 10.8 Å². The van der Waals surface area contributed by atoms with E-state index in [-0.39, 0.29) is 11.7 Å². The molecule has 5 heteroatoms. The minimum absolute atomic E-state index is 0.0951. The molecule has 0 saturated carbocycles. The molecule has 3 heterocycles. The van der Waals surface area contributed by atoms with Crippen molar-refractivity contribution in [3.05, 3.63) is 64.1 Å². The zero-order chi connectivity index (χ0) is 17.4. The van der Waals surface area contributed by atoms with Crippen molar-refractivity contribution in [1.82, 2.24) is 9.88 Å². The molecular weight excluding hydrogens is 335 g/mol. The molecule has 1 aliphatic heterocycles. The lowest BCUT2D eigenvalue weighted by atomic mass is 9.98. The summed E-state index contributed by atoms with van der Waals surface area (Å²) < 4.78 is 19.9. The fourth-order valence-electron chi connectivity index (χ4n) is 3.48. The van der Waals surface area contributed by atoms with Crippen molar-refractivity contribution >= 4 is 11.3 Å². The van der Waals surface area contributed by atoms with E-state index in [0.717, 1.165) is 47.9 Å². The number of likely N-dealkylation sites (tertiary alicyclic amines) is 1. The maximum atomic E-state index is 14.0. The molecule has 0 N–H and O–H groups in total. The van der Waals surface area contributed by atoms with Crippen molar-refractivity contribution in [3.63, 3.8) is 0 Å². The van der Waals surface area contributed by atoms with E-state index in [0.29, 0.717) is 5.89 Å². The average molecular weight is 356 g/mol. The first-order chi connectivity index (χ1) is 12.1. The van der Waals surface area contributed by atoms with Crippen LogP contribution in [0.15, 0.2) is 40.8 Å². The summed E-state index contributed by atoms with van der Waals surface area (Å²) in [5, 5.41) is 0. The molecule has 4 rings (SSSR count). The van der Waals surface area contributed by atoms with Gasteiger partial charge in [0.2, 0.25) is 5.89 Å². The van der Waals surface area contributed by atoms with Gasteiger partial charge in [-0.2, -0.15) is 0 Å². The number of thiophene rings is 1. The molecule has 0 spiro atoms. The average Bonchev–Trinajstić information content (AvgIpc) is 3.30. The molecule has 2 aromatic heterocycles. The number of halogens is 1. The highest BCUT2D eigenvalue weighted by Gasteiger charge is 2.27. The standard InChI is InChI=1S/C20H21FN2OS/c1-13-7-8-19(25-13)20-22-18(14(2)24-20)12-23-10-9-15(11-23)16-5-3-4-6-17(16)21/h3-8,15H,9-12H2,1-2H3/t15-/m0/s1. The Labute approximate surface area is 151 Å². The van der Waals surface area contributed by atoms with Gasteiger partial charge < -0.3 is 4.42 Å². The van der Waals surface area contributed by atoms with Crippen LogP contribution in [0.3, 0.4) is 0 Å². The smallest absolute Gasteiger partial charge is 0.236 e. The van der Waals surface area contributed by atoms with Gasteiger partial charge in [-0.3, -0.25) is 4.90 Å². The summed E-state index contributed by atoms with van der Waals surface area (Å²) in [7, 11) is 0. The van der Waals surface area contributed by atoms with Gasteiger partial charge >= 0.3 is 0 Å². The second kappa shape index (κ2) is 6.73. The Morgan fingerprint density at radius 1 is 1.24 bits per heavy atom. The summed E-state index contributed by atoms with van der Waals surface area (Å²) in [5.74, 6) is 1.74. The van der Waals surface area contributed by atoms with Crippen LogP contribution in [0.1, 0.15) is 34.2 Å². The van der Waals surface area contributed by atoms with Gasteiger partial charge in [-0.1, -0.05) is 18.2 Å². The van der Waals surface area contributed by atoms with E-state index in [1.165, 1.54) is 4.88 Å². The molecule has 130 valence electrons. The van der Waals surface area contributed by atoms with Crippen molar-refractivity contribution in [3.8, 4) is 10.8 Å². The first-order valence-electron chi connectivity index (χ1n) is 8.60. The van der Waals surface area contributed by atoms with Gasteiger partial charge in [0.15, 0.2) is 0 Å². The van der Waals surface area contributed by atoms with Crippen molar-refractivity contribution in [2.45, 2.75) is 32.7 Å². The van der Waals surface area contributed by atoms with E-state index >= 15 is 0 Å². The third-order valence-corrected chi connectivity index (χ3v) is 5.82. The van der Waals surface area contributed by atoms with Crippen LogP contribution < -0.4 is 0 Å². The maximum Gasteiger partial charge on any atom is 0.236 e. The number of aromatic nitrogens is 1. The zero-order valence-electron chi connectivity index (χ0n) is 14.5. The lowest BCUT2D eigenvalue weighted by Gasteiger charge is -2.15. The van der Waals surface area contributed by atoms with Gasteiger partial charge in [0.05, 0.1) is 10.6 Å². The first kappa shape index (κ1) is 16.5. The maximum absolute atomic E-state index is 14.0. The number of nitrogens with zero attached hydrogens (tertiary/aromatic N) is 2. The molecule has 0 unspecified atom stereocenters. The van der Waals surface area contributed by atoms with E-state index in [9.17, 15) is 4.39 Å². The molecule has 0 amide bonds. The van der Waals surface area contributed by atoms with Crippen LogP contribution in [-0.4, -0.2) is 23.0 Å². The summed E-state index contributed by atoms with van der Waals surface area (Å²) in [4.78, 5) is 9.36. The number of rotatable bonds is 4. The Bertz CT molecular complexity index is 885. The fourth-order valence-corrected chi connectivity index (χ4v) is 4.27. The third-order valence-electron chi connectivity index (χ3n) is 4.83. The quantitative estimate of drug-likeness (QED) is 0.647. The zero-order valence-corrected chi connectivity index (χ0v) is 15.3. The second-order valence-corrected chi connectivity index (χ2v) is 7.96.